The van der Waals surface area contributed by atoms with Crippen LogP contribution in [0.5, 0.6) is 0 Å². The summed E-state index contributed by atoms with van der Waals surface area (Å²) in [5, 5.41) is 0. The Morgan fingerprint density at radius 3 is 2.47 bits per heavy atom. The van der Waals surface area contributed by atoms with Gasteiger partial charge in [-0.25, -0.2) is 9.59 Å². The molecule has 0 saturated carbocycles. The van der Waals surface area contributed by atoms with Gasteiger partial charge >= 0.3 is 12.1 Å². The zero-order valence-corrected chi connectivity index (χ0v) is 10.8. The number of hydrogen-bond donors (Lipinski definition) is 1. The largest absolute Gasteiger partial charge is 0.442 e. The molecular weight excluding hydrogens is 224 g/mol. The average molecular weight is 244 g/mol. The van der Waals surface area contributed by atoms with Gasteiger partial charge in [0.25, 0.3) is 0 Å². The van der Waals surface area contributed by atoms with Gasteiger partial charge in [-0.1, -0.05) is 0 Å². The molecule has 1 amide bonds. The summed E-state index contributed by atoms with van der Waals surface area (Å²) in [6.07, 6.45) is 0.00270. The lowest BCUT2D eigenvalue weighted by Gasteiger charge is -2.19. The van der Waals surface area contributed by atoms with Crippen LogP contribution in [0.25, 0.3) is 0 Å². The molecule has 0 aromatic carbocycles. The third-order valence-corrected chi connectivity index (χ3v) is 2.36. The third-order valence-electron chi connectivity index (χ3n) is 2.36. The highest BCUT2D eigenvalue weighted by molar-refractivity contribution is 5.75. The molecule has 0 aromatic rings. The van der Waals surface area contributed by atoms with Crippen molar-refractivity contribution < 1.29 is 19.2 Å². The molecule has 1 saturated heterocycles. The summed E-state index contributed by atoms with van der Waals surface area (Å²) >= 11 is 0. The molecule has 1 unspecified atom stereocenters. The number of nitrogens with one attached hydrogen (secondary N) is 1. The van der Waals surface area contributed by atoms with Crippen molar-refractivity contribution in [1.82, 2.24) is 10.4 Å². The maximum absolute atomic E-state index is 11.5. The van der Waals surface area contributed by atoms with Gasteiger partial charge in [-0.3, -0.25) is 0 Å². The summed E-state index contributed by atoms with van der Waals surface area (Å²) in [7, 11) is 1.94. The third kappa shape index (κ3) is 5.04. The second-order valence-corrected chi connectivity index (χ2v) is 5.27. The number of amides is 1. The van der Waals surface area contributed by atoms with Crippen LogP contribution >= 0.6 is 0 Å². The predicted octanol–water partition coefficient (Wildman–Crippen LogP) is 0.921. The summed E-state index contributed by atoms with van der Waals surface area (Å²) in [5.41, 5.74) is 1.39. The Bertz CT molecular complexity index is 298. The maximum Gasteiger partial charge on any atom is 0.441 e. The van der Waals surface area contributed by atoms with Crippen molar-refractivity contribution in [3.8, 4) is 0 Å². The molecule has 1 aliphatic heterocycles. The summed E-state index contributed by atoms with van der Waals surface area (Å²) in [6, 6.07) is 0. The minimum absolute atomic E-state index is 0.171. The normalized spacial score (nSPS) is 21.1. The van der Waals surface area contributed by atoms with Crippen molar-refractivity contribution in [3.63, 3.8) is 0 Å². The highest BCUT2D eigenvalue weighted by Crippen LogP contribution is 2.15. The quantitative estimate of drug-likeness (QED) is 0.695. The molecule has 1 fully saturated rings. The van der Waals surface area contributed by atoms with Gasteiger partial charge in [-0.15, -0.1) is 5.48 Å². The molecule has 17 heavy (non-hydrogen) atoms. The molecule has 0 radical (unpaired) electrons. The van der Waals surface area contributed by atoms with Crippen LogP contribution in [0.2, 0.25) is 0 Å². The Morgan fingerprint density at radius 2 is 2.00 bits per heavy atom. The highest BCUT2D eigenvalue weighted by atomic mass is 16.7. The van der Waals surface area contributed by atoms with Gasteiger partial charge in [0, 0.05) is 6.54 Å². The van der Waals surface area contributed by atoms with Crippen molar-refractivity contribution in [1.29, 1.82) is 0 Å². The molecule has 0 aromatic heterocycles. The van der Waals surface area contributed by atoms with Gasteiger partial charge in [0.1, 0.15) is 5.60 Å². The number of ether oxygens (including phenoxy) is 1. The number of nitrogens with zero attached hydrogens (tertiary/aromatic N) is 1. The first kappa shape index (κ1) is 13.8. The van der Waals surface area contributed by atoms with Crippen LogP contribution in [0.3, 0.4) is 0 Å². The number of hydroxylamine groups is 1. The Kier molecular flexibility index (Phi) is 4.34. The monoisotopic (exact) mass is 244 g/mol. The van der Waals surface area contributed by atoms with Crippen LogP contribution in [-0.2, 0) is 14.4 Å². The lowest BCUT2D eigenvalue weighted by atomic mass is 10.1. The fourth-order valence-electron chi connectivity index (χ4n) is 1.60. The minimum atomic E-state index is -0.753. The van der Waals surface area contributed by atoms with Crippen molar-refractivity contribution in [3.05, 3.63) is 0 Å². The average Bonchev–Trinajstić information content (AvgIpc) is 2.58. The second-order valence-electron chi connectivity index (χ2n) is 5.27. The van der Waals surface area contributed by atoms with Crippen molar-refractivity contribution in [2.75, 3.05) is 20.1 Å². The summed E-state index contributed by atoms with van der Waals surface area (Å²) in [4.78, 5) is 29.5. The molecule has 6 heteroatoms. The molecule has 1 N–H and O–H groups in total. The molecule has 0 spiro atoms. The van der Waals surface area contributed by atoms with E-state index in [9.17, 15) is 9.59 Å². The van der Waals surface area contributed by atoms with Crippen LogP contribution in [0.1, 0.15) is 27.2 Å². The van der Waals surface area contributed by atoms with E-state index in [1.54, 1.807) is 20.8 Å². The van der Waals surface area contributed by atoms with E-state index in [2.05, 4.69) is 0 Å². The number of carbonyl (C=O) groups is 2. The van der Waals surface area contributed by atoms with E-state index in [1.807, 2.05) is 17.4 Å². The number of carbonyl (C=O) groups excluding carboxylic acids is 2. The minimum Gasteiger partial charge on any atom is -0.442 e. The fourth-order valence-corrected chi connectivity index (χ4v) is 1.60. The molecule has 6 nitrogen and oxygen atoms in total. The van der Waals surface area contributed by atoms with Crippen molar-refractivity contribution >= 4 is 12.1 Å². The van der Waals surface area contributed by atoms with E-state index in [4.69, 9.17) is 9.57 Å². The van der Waals surface area contributed by atoms with Gasteiger partial charge in [0.15, 0.2) is 0 Å². The summed E-state index contributed by atoms with van der Waals surface area (Å²) in [6.45, 7) is 6.74. The lowest BCUT2D eigenvalue weighted by Crippen LogP contribution is -2.36. The first-order valence-corrected chi connectivity index (χ1v) is 5.66. The van der Waals surface area contributed by atoms with E-state index >= 15 is 0 Å². The Hall–Kier alpha value is -1.30. The van der Waals surface area contributed by atoms with E-state index in [-0.39, 0.29) is 5.92 Å². The predicted molar refractivity (Wildman–Crippen MR) is 61.1 cm³/mol. The van der Waals surface area contributed by atoms with E-state index in [0.29, 0.717) is 6.54 Å². The summed E-state index contributed by atoms with van der Waals surface area (Å²) in [5.74, 6) is -0.588. The molecule has 1 rings (SSSR count). The van der Waals surface area contributed by atoms with Crippen LogP contribution < -0.4 is 5.48 Å². The lowest BCUT2D eigenvalue weighted by molar-refractivity contribution is -0.155. The van der Waals surface area contributed by atoms with Crippen LogP contribution in [0.15, 0.2) is 0 Å². The van der Waals surface area contributed by atoms with Gasteiger partial charge in [0.2, 0.25) is 0 Å². The fraction of sp³-hybridized carbons (Fsp3) is 0.818. The Labute approximate surface area is 101 Å². The Morgan fingerprint density at radius 1 is 1.35 bits per heavy atom. The van der Waals surface area contributed by atoms with E-state index in [1.165, 1.54) is 0 Å². The summed E-state index contributed by atoms with van der Waals surface area (Å²) < 4.78 is 4.93. The highest BCUT2D eigenvalue weighted by Gasteiger charge is 2.28. The zero-order chi connectivity index (χ0) is 13.1. The molecular formula is C11H20N2O4. The molecule has 1 atom stereocenters. The maximum atomic E-state index is 11.5. The molecule has 1 aliphatic rings. The first-order valence-electron chi connectivity index (χ1n) is 5.66. The van der Waals surface area contributed by atoms with Crippen LogP contribution in [-0.4, -0.2) is 42.7 Å². The zero-order valence-electron chi connectivity index (χ0n) is 10.8. The molecule has 0 bridgehead atoms. The van der Waals surface area contributed by atoms with Crippen LogP contribution in [0, 0.1) is 5.92 Å². The number of hydrogen-bond acceptors (Lipinski definition) is 5. The number of rotatable bonds is 1. The topological polar surface area (TPSA) is 67.9 Å². The van der Waals surface area contributed by atoms with Gasteiger partial charge in [-0.05, 0) is 40.8 Å². The second kappa shape index (κ2) is 5.35. The SMILES string of the molecule is CN1CCC(C(=O)ONC(=O)OC(C)(C)C)C1. The number of likely N-dealkylation sites (tertiary alicyclic amines) is 1. The van der Waals surface area contributed by atoms with Gasteiger partial charge in [-0.2, -0.15) is 0 Å². The van der Waals surface area contributed by atoms with Crippen LogP contribution in [0.4, 0.5) is 4.79 Å². The van der Waals surface area contributed by atoms with E-state index in [0.717, 1.165) is 13.0 Å². The molecule has 98 valence electrons. The standard InChI is InChI=1S/C11H20N2O4/c1-11(2,3)16-10(15)12-17-9(14)8-5-6-13(4)7-8/h8H,5-7H2,1-4H3,(H,12,15). The van der Waals surface area contributed by atoms with Crippen molar-refractivity contribution in [2.24, 2.45) is 5.92 Å². The van der Waals surface area contributed by atoms with Gasteiger partial charge in [0.05, 0.1) is 5.92 Å². The molecule has 0 aliphatic carbocycles. The van der Waals surface area contributed by atoms with E-state index < -0.39 is 17.7 Å². The Balaban J connectivity index is 2.26. The van der Waals surface area contributed by atoms with Gasteiger partial charge < -0.3 is 14.5 Å². The van der Waals surface area contributed by atoms with Crippen molar-refractivity contribution in [2.45, 2.75) is 32.8 Å². The smallest absolute Gasteiger partial charge is 0.441 e. The molecule has 1 heterocycles. The first-order chi connectivity index (χ1) is 7.78.